The Labute approximate surface area is 146 Å². The first-order valence-electron chi connectivity index (χ1n) is 8.06. The summed E-state index contributed by atoms with van der Waals surface area (Å²) in [7, 11) is 0. The van der Waals surface area contributed by atoms with Crippen molar-refractivity contribution in [3.63, 3.8) is 0 Å². The summed E-state index contributed by atoms with van der Waals surface area (Å²) in [6, 6.07) is 18.8. The molecule has 1 atom stereocenters. The monoisotopic (exact) mass is 337 g/mol. The molecule has 25 heavy (non-hydrogen) atoms. The molecular formula is C20H19NO4. The maximum absolute atomic E-state index is 12.3. The van der Waals surface area contributed by atoms with Gasteiger partial charge < -0.3 is 14.7 Å². The Morgan fingerprint density at radius 2 is 1.64 bits per heavy atom. The van der Waals surface area contributed by atoms with Crippen molar-refractivity contribution in [1.29, 1.82) is 0 Å². The first kappa shape index (κ1) is 16.8. The highest BCUT2D eigenvalue weighted by Gasteiger charge is 2.33. The fourth-order valence-electron chi connectivity index (χ4n) is 2.67. The lowest BCUT2D eigenvalue weighted by atomic mass is 10.00. The Morgan fingerprint density at radius 1 is 1.04 bits per heavy atom. The number of hydrogen-bond donors (Lipinski definition) is 1. The van der Waals surface area contributed by atoms with Crippen molar-refractivity contribution < 1.29 is 19.4 Å². The van der Waals surface area contributed by atoms with Gasteiger partial charge in [0, 0.05) is 6.54 Å². The fourth-order valence-corrected chi connectivity index (χ4v) is 2.67. The van der Waals surface area contributed by atoms with Crippen LogP contribution in [0.2, 0.25) is 0 Å². The number of esters is 1. The minimum absolute atomic E-state index is 0.0255. The van der Waals surface area contributed by atoms with Crippen LogP contribution in [0.5, 0.6) is 0 Å². The highest BCUT2D eigenvalue weighted by Crippen LogP contribution is 2.20. The summed E-state index contributed by atoms with van der Waals surface area (Å²) in [6.45, 7) is 0.481. The molecule has 5 heteroatoms. The van der Waals surface area contributed by atoms with Crippen molar-refractivity contribution in [1.82, 2.24) is 4.90 Å². The van der Waals surface area contributed by atoms with Crippen LogP contribution in [0.1, 0.15) is 11.1 Å². The Morgan fingerprint density at radius 3 is 2.28 bits per heavy atom. The number of aliphatic hydroxyl groups excluding tert-OH is 1. The van der Waals surface area contributed by atoms with Crippen LogP contribution in [0.25, 0.3) is 0 Å². The summed E-state index contributed by atoms with van der Waals surface area (Å²) in [4.78, 5) is 26.0. The number of aliphatic hydroxyl groups is 1. The van der Waals surface area contributed by atoms with Gasteiger partial charge in [-0.1, -0.05) is 60.7 Å². The summed E-state index contributed by atoms with van der Waals surface area (Å²) in [5.41, 5.74) is 1.82. The quantitative estimate of drug-likeness (QED) is 0.671. The molecule has 0 aliphatic carbocycles. The van der Waals surface area contributed by atoms with E-state index in [0.717, 1.165) is 11.1 Å². The van der Waals surface area contributed by atoms with E-state index in [1.165, 1.54) is 6.08 Å². The third kappa shape index (κ3) is 4.26. The second-order valence-corrected chi connectivity index (χ2v) is 5.90. The van der Waals surface area contributed by atoms with Gasteiger partial charge in [0.1, 0.15) is 12.5 Å². The number of hydrogen-bond acceptors (Lipinski definition) is 5. The van der Waals surface area contributed by atoms with Crippen LogP contribution in [-0.2, 0) is 27.5 Å². The SMILES string of the molecule is O=C1CN(Cc2ccccc2)C(O)=CC1C(=O)OCc1ccccc1. The molecule has 1 aliphatic rings. The second kappa shape index (κ2) is 7.66. The number of nitrogens with zero attached hydrogens (tertiary/aromatic N) is 1. The Kier molecular flexibility index (Phi) is 5.14. The average molecular weight is 337 g/mol. The smallest absolute Gasteiger partial charge is 0.321 e. The largest absolute Gasteiger partial charge is 0.495 e. The van der Waals surface area contributed by atoms with Crippen LogP contribution in [0.3, 0.4) is 0 Å². The lowest BCUT2D eigenvalue weighted by molar-refractivity contribution is -0.152. The Hall–Kier alpha value is -3.08. The highest BCUT2D eigenvalue weighted by atomic mass is 16.5. The molecule has 3 rings (SSSR count). The van der Waals surface area contributed by atoms with Gasteiger partial charge in [-0.05, 0) is 17.2 Å². The van der Waals surface area contributed by atoms with Crippen molar-refractivity contribution in [3.8, 4) is 0 Å². The predicted octanol–water partition coefficient (Wildman–Crippen LogP) is 2.83. The van der Waals surface area contributed by atoms with Crippen molar-refractivity contribution in [2.24, 2.45) is 5.92 Å². The van der Waals surface area contributed by atoms with Crippen molar-refractivity contribution in [2.45, 2.75) is 13.2 Å². The zero-order valence-electron chi connectivity index (χ0n) is 13.7. The van der Waals surface area contributed by atoms with E-state index in [1.54, 1.807) is 4.90 Å². The van der Waals surface area contributed by atoms with Gasteiger partial charge in [0.15, 0.2) is 11.7 Å². The van der Waals surface area contributed by atoms with Gasteiger partial charge >= 0.3 is 5.97 Å². The van der Waals surface area contributed by atoms with E-state index in [1.807, 2.05) is 60.7 Å². The Bertz CT molecular complexity index is 771. The molecule has 1 heterocycles. The molecule has 2 aromatic rings. The van der Waals surface area contributed by atoms with Gasteiger partial charge in [0.2, 0.25) is 0 Å². The molecule has 0 spiro atoms. The minimum atomic E-state index is -1.06. The van der Waals surface area contributed by atoms with E-state index in [0.29, 0.717) is 6.54 Å². The van der Waals surface area contributed by atoms with E-state index >= 15 is 0 Å². The maximum Gasteiger partial charge on any atom is 0.321 e. The number of Topliss-reactive ketones (excluding diaryl/α,β-unsaturated/α-hetero) is 1. The number of carbonyl (C=O) groups is 2. The van der Waals surface area contributed by atoms with Crippen LogP contribution in [0, 0.1) is 5.92 Å². The van der Waals surface area contributed by atoms with Crippen molar-refractivity contribution >= 4 is 11.8 Å². The van der Waals surface area contributed by atoms with Crippen LogP contribution in [0.4, 0.5) is 0 Å². The molecule has 1 unspecified atom stereocenters. The summed E-state index contributed by atoms with van der Waals surface area (Å²) in [5.74, 6) is -2.06. The fraction of sp³-hybridized carbons (Fsp3) is 0.200. The van der Waals surface area contributed by atoms with Gasteiger partial charge in [-0.15, -0.1) is 0 Å². The maximum atomic E-state index is 12.3. The van der Waals surface area contributed by atoms with Gasteiger partial charge in [-0.3, -0.25) is 9.59 Å². The van der Waals surface area contributed by atoms with Gasteiger partial charge in [0.25, 0.3) is 0 Å². The van der Waals surface area contributed by atoms with E-state index < -0.39 is 11.9 Å². The van der Waals surface area contributed by atoms with Crippen LogP contribution < -0.4 is 0 Å². The molecule has 2 aromatic carbocycles. The zero-order chi connectivity index (χ0) is 17.6. The summed E-state index contributed by atoms with van der Waals surface area (Å²) < 4.78 is 5.21. The molecule has 0 saturated carbocycles. The standard InChI is InChI=1S/C20H19NO4/c22-18-13-21(12-15-7-3-1-4-8-15)19(23)11-17(18)20(24)25-14-16-9-5-2-6-10-16/h1-11,17,23H,12-14H2. The topological polar surface area (TPSA) is 66.8 Å². The molecule has 0 aromatic heterocycles. The van der Waals surface area contributed by atoms with Crippen molar-refractivity contribution in [2.75, 3.05) is 6.54 Å². The predicted molar refractivity (Wildman–Crippen MR) is 92.3 cm³/mol. The van der Waals surface area contributed by atoms with E-state index in [9.17, 15) is 14.7 Å². The minimum Gasteiger partial charge on any atom is -0.495 e. The Balaban J connectivity index is 1.63. The number of ether oxygens (including phenoxy) is 1. The number of rotatable bonds is 5. The molecule has 5 nitrogen and oxygen atoms in total. The first-order valence-corrected chi connectivity index (χ1v) is 8.06. The van der Waals surface area contributed by atoms with E-state index in [2.05, 4.69) is 0 Å². The van der Waals surface area contributed by atoms with Crippen LogP contribution in [0.15, 0.2) is 72.6 Å². The van der Waals surface area contributed by atoms with Gasteiger partial charge in [-0.2, -0.15) is 0 Å². The van der Waals surface area contributed by atoms with Crippen LogP contribution in [-0.4, -0.2) is 28.3 Å². The summed E-state index contributed by atoms with van der Waals surface area (Å²) in [5, 5.41) is 10.2. The first-order chi connectivity index (χ1) is 12.1. The highest BCUT2D eigenvalue weighted by molar-refractivity contribution is 6.02. The van der Waals surface area contributed by atoms with Crippen molar-refractivity contribution in [3.05, 3.63) is 83.7 Å². The summed E-state index contributed by atoms with van der Waals surface area (Å²) in [6.07, 6.45) is 1.27. The molecule has 1 N–H and O–H groups in total. The average Bonchev–Trinajstić information content (AvgIpc) is 2.64. The molecule has 1 aliphatic heterocycles. The molecule has 0 saturated heterocycles. The second-order valence-electron chi connectivity index (χ2n) is 5.90. The van der Waals surface area contributed by atoms with E-state index in [-0.39, 0.29) is 24.8 Å². The van der Waals surface area contributed by atoms with Crippen LogP contribution >= 0.6 is 0 Å². The molecule has 0 amide bonds. The lowest BCUT2D eigenvalue weighted by Gasteiger charge is -2.28. The van der Waals surface area contributed by atoms with Gasteiger partial charge in [0.05, 0.1) is 6.54 Å². The molecular weight excluding hydrogens is 318 g/mol. The lowest BCUT2D eigenvalue weighted by Crippen LogP contribution is -2.40. The number of ketones is 1. The summed E-state index contributed by atoms with van der Waals surface area (Å²) >= 11 is 0. The molecule has 0 fully saturated rings. The number of carbonyl (C=O) groups excluding carboxylic acids is 2. The zero-order valence-corrected chi connectivity index (χ0v) is 13.7. The third-order valence-corrected chi connectivity index (χ3v) is 4.03. The number of benzene rings is 2. The van der Waals surface area contributed by atoms with Gasteiger partial charge in [-0.25, -0.2) is 0 Å². The molecule has 128 valence electrons. The van der Waals surface area contributed by atoms with E-state index in [4.69, 9.17) is 4.74 Å². The molecule has 0 bridgehead atoms. The molecule has 0 radical (unpaired) electrons. The third-order valence-electron chi connectivity index (χ3n) is 4.03. The normalized spacial score (nSPS) is 17.1.